The second-order valence-electron chi connectivity index (χ2n) is 16.0. The first-order valence-electron chi connectivity index (χ1n) is 22.3. The van der Waals surface area contributed by atoms with E-state index in [1.807, 2.05) is 121 Å². The van der Waals surface area contributed by atoms with Gasteiger partial charge in [-0.15, -0.1) is 0 Å². The summed E-state index contributed by atoms with van der Waals surface area (Å²) >= 11 is 14.0. The Morgan fingerprint density at radius 3 is 1.66 bits per heavy atom. The zero-order valence-corrected chi connectivity index (χ0v) is 40.3. The summed E-state index contributed by atoms with van der Waals surface area (Å²) in [6.07, 6.45) is 4.18. The molecule has 8 rings (SSSR count). The van der Waals surface area contributed by atoms with Crippen molar-refractivity contribution in [1.29, 1.82) is 0 Å². The summed E-state index contributed by atoms with van der Waals surface area (Å²) in [6.45, 7) is 1.55. The molecule has 0 saturated carbocycles. The van der Waals surface area contributed by atoms with Gasteiger partial charge in [0.05, 0.1) is 23.7 Å². The van der Waals surface area contributed by atoms with Crippen molar-refractivity contribution in [3.63, 3.8) is 0 Å². The third-order valence-corrected chi connectivity index (χ3v) is 14.3. The molecule has 2 aliphatic carbocycles. The van der Waals surface area contributed by atoms with Crippen LogP contribution in [0.3, 0.4) is 0 Å². The first-order valence-corrected chi connectivity index (χ1v) is 25.1. The van der Waals surface area contributed by atoms with Crippen LogP contribution in [0.5, 0.6) is 0 Å². The third-order valence-electron chi connectivity index (χ3n) is 11.5. The average molecular weight is 987 g/mol. The Hall–Kier alpha value is -6.04. The highest BCUT2D eigenvalue weighted by Gasteiger charge is 2.41. The summed E-state index contributed by atoms with van der Waals surface area (Å²) in [6, 6.07) is 38.2. The van der Waals surface area contributed by atoms with E-state index in [9.17, 15) is 19.2 Å². The minimum atomic E-state index is -0.985. The molecule has 16 heteroatoms. The van der Waals surface area contributed by atoms with Crippen molar-refractivity contribution in [3.05, 3.63) is 190 Å². The fourth-order valence-electron chi connectivity index (χ4n) is 7.93. The van der Waals surface area contributed by atoms with Crippen LogP contribution in [0, 0.1) is 11.8 Å². The van der Waals surface area contributed by atoms with Crippen LogP contribution in [0.15, 0.2) is 168 Å². The number of hydrogen-bond acceptors (Lipinski definition) is 12. The number of nitrogens with one attached hydrogen (secondary N) is 2. The second-order valence-corrected chi connectivity index (χ2v) is 19.5. The number of thioether (sulfide) groups is 2. The molecule has 12 nitrogen and oxygen atoms in total. The van der Waals surface area contributed by atoms with E-state index in [1.165, 1.54) is 23.5 Å². The number of amides is 4. The van der Waals surface area contributed by atoms with E-state index in [2.05, 4.69) is 10.6 Å². The lowest BCUT2D eigenvalue weighted by Gasteiger charge is -2.32. The Morgan fingerprint density at radius 2 is 1.12 bits per heavy atom. The fraction of sp³-hybridized carbons (Fsp3) is 0.269. The monoisotopic (exact) mass is 986 g/mol. The molecule has 2 aliphatic heterocycles. The molecule has 2 N–H and O–H groups in total. The third kappa shape index (κ3) is 12.2. The highest BCUT2D eigenvalue weighted by atomic mass is 32.2. The van der Waals surface area contributed by atoms with Crippen LogP contribution >= 0.6 is 48.0 Å². The first-order chi connectivity index (χ1) is 33.2. The van der Waals surface area contributed by atoms with E-state index in [0.29, 0.717) is 33.2 Å². The van der Waals surface area contributed by atoms with Gasteiger partial charge in [0.2, 0.25) is 11.8 Å². The molecular weight excluding hydrogens is 937 g/mol. The molecule has 68 heavy (non-hydrogen) atoms. The van der Waals surface area contributed by atoms with Gasteiger partial charge in [-0.05, 0) is 34.8 Å². The largest absolute Gasteiger partial charge is 0.490 e. The predicted molar refractivity (Wildman–Crippen MR) is 271 cm³/mol. The van der Waals surface area contributed by atoms with Crippen LogP contribution in [-0.4, -0.2) is 85.9 Å². The van der Waals surface area contributed by atoms with Crippen LogP contribution in [0.4, 0.5) is 0 Å². The first kappa shape index (κ1) is 48.4. The molecule has 3 atom stereocenters. The van der Waals surface area contributed by atoms with Gasteiger partial charge in [0.15, 0.2) is 11.5 Å². The van der Waals surface area contributed by atoms with Gasteiger partial charge in [-0.3, -0.25) is 29.0 Å². The van der Waals surface area contributed by atoms with Crippen LogP contribution in [0.25, 0.3) is 0 Å². The molecule has 0 radical (unpaired) electrons. The molecule has 3 unspecified atom stereocenters. The summed E-state index contributed by atoms with van der Waals surface area (Å²) < 4.78 is 26.9. The molecule has 4 aromatic carbocycles. The van der Waals surface area contributed by atoms with Gasteiger partial charge in [-0.2, -0.15) is 0 Å². The van der Waals surface area contributed by atoms with E-state index in [-0.39, 0.29) is 86.2 Å². The van der Waals surface area contributed by atoms with Gasteiger partial charge in [0, 0.05) is 37.7 Å². The van der Waals surface area contributed by atoms with Gasteiger partial charge >= 0.3 is 0 Å². The number of nitrogens with zero attached hydrogens (tertiary/aromatic N) is 2. The molecule has 2 fully saturated rings. The Balaban J connectivity index is 1.00. The number of rotatable bonds is 19. The molecule has 4 aromatic rings. The van der Waals surface area contributed by atoms with Crippen molar-refractivity contribution < 1.29 is 38.1 Å². The van der Waals surface area contributed by atoms with Crippen LogP contribution in [-0.2, 0) is 64.6 Å². The molecule has 4 aliphatic rings. The van der Waals surface area contributed by atoms with E-state index in [4.69, 9.17) is 43.4 Å². The zero-order valence-electron chi connectivity index (χ0n) is 37.1. The summed E-state index contributed by atoms with van der Waals surface area (Å²) in [7, 11) is 0. The smallest absolute Gasteiger partial charge is 0.262 e. The van der Waals surface area contributed by atoms with Gasteiger partial charge < -0.3 is 29.6 Å². The van der Waals surface area contributed by atoms with Gasteiger partial charge in [-0.1, -0.05) is 181 Å². The maximum atomic E-state index is 14.3. The number of hydrogen-bond donors (Lipinski definition) is 2. The lowest BCUT2D eigenvalue weighted by atomic mass is 9.90. The highest BCUT2D eigenvalue weighted by molar-refractivity contribution is 8.23. The molecule has 2 heterocycles. The van der Waals surface area contributed by atoms with Crippen LogP contribution < -0.4 is 10.6 Å². The maximum absolute atomic E-state index is 14.3. The summed E-state index contributed by atoms with van der Waals surface area (Å²) in [5.74, 6) is -1.06. The minimum Gasteiger partial charge on any atom is -0.490 e. The Bertz CT molecular complexity index is 2610. The number of benzene rings is 4. The molecule has 0 spiro atoms. The summed E-state index contributed by atoms with van der Waals surface area (Å²) in [5, 5.41) is 5.91. The Labute approximate surface area is 415 Å². The normalized spacial score (nSPS) is 19.2. The molecular formula is C52H50N4O8S4. The van der Waals surface area contributed by atoms with Gasteiger partial charge in [0.25, 0.3) is 11.8 Å². The quantitative estimate of drug-likeness (QED) is 0.0702. The minimum absolute atomic E-state index is 0.0443. The number of carbonyl (C=O) groups excluding carboxylic acids is 4. The lowest BCUT2D eigenvalue weighted by molar-refractivity contribution is -0.131. The van der Waals surface area contributed by atoms with Crippen molar-refractivity contribution in [3.8, 4) is 0 Å². The van der Waals surface area contributed by atoms with Crippen molar-refractivity contribution >= 4 is 80.2 Å². The Kier molecular flexibility index (Phi) is 16.9. The lowest BCUT2D eigenvalue weighted by Crippen LogP contribution is -2.44. The summed E-state index contributed by atoms with van der Waals surface area (Å²) in [4.78, 5) is 59.9. The van der Waals surface area contributed by atoms with Crippen LogP contribution in [0.2, 0.25) is 0 Å². The Morgan fingerprint density at radius 1 is 0.618 bits per heavy atom. The van der Waals surface area contributed by atoms with Gasteiger partial charge in [-0.25, -0.2) is 0 Å². The van der Waals surface area contributed by atoms with Crippen molar-refractivity contribution in [2.75, 3.05) is 37.7 Å². The predicted octanol–water partition coefficient (Wildman–Crippen LogP) is 7.77. The molecule has 2 saturated heterocycles. The van der Waals surface area contributed by atoms with Crippen molar-refractivity contribution in [2.24, 2.45) is 11.8 Å². The number of allylic oxidation sites excluding steroid dienone is 1. The standard InChI is InChI=1S/C52H50N4O8S4/c57-47(39-21-23-41(49(59)55-27-29-67-51(55)65)45(63-33-37-17-9-3-10-18-37)43(39)61-31-35-13-5-1-6-14-35)53-25-26-54-48(58)40-22-24-42(50(60)56-28-30-68-52(56)66)46(64-34-38-19-11-4-12-20-38)44(40)62-32-36-15-7-2-8-16-36/h1-23,39,42-43H,24-34H2,(H,53,57)(H,54,58). The molecule has 0 bridgehead atoms. The van der Waals surface area contributed by atoms with E-state index in [0.717, 1.165) is 22.3 Å². The molecule has 0 aromatic heterocycles. The van der Waals surface area contributed by atoms with E-state index in [1.54, 1.807) is 28.0 Å². The van der Waals surface area contributed by atoms with Crippen LogP contribution in [0.1, 0.15) is 28.7 Å². The van der Waals surface area contributed by atoms with E-state index < -0.39 is 29.8 Å². The van der Waals surface area contributed by atoms with Gasteiger partial charge in [0.1, 0.15) is 46.2 Å². The van der Waals surface area contributed by atoms with Crippen molar-refractivity contribution in [1.82, 2.24) is 20.4 Å². The molecule has 350 valence electrons. The number of thiocarbonyl (C=S) groups is 2. The second kappa shape index (κ2) is 23.8. The molecule has 4 amide bonds. The summed E-state index contributed by atoms with van der Waals surface area (Å²) in [5.41, 5.74) is 3.95. The van der Waals surface area contributed by atoms with E-state index >= 15 is 0 Å². The topological polar surface area (TPSA) is 136 Å². The van der Waals surface area contributed by atoms with Crippen molar-refractivity contribution in [2.45, 2.75) is 39.0 Å². The number of carbonyl (C=O) groups is 4. The fourth-order valence-corrected chi connectivity index (χ4v) is 10.4. The highest BCUT2D eigenvalue weighted by Crippen LogP contribution is 2.37. The maximum Gasteiger partial charge on any atom is 0.262 e. The number of ether oxygens (including phenoxy) is 4. The zero-order chi connectivity index (χ0) is 47.2. The SMILES string of the molecule is O=C(NCCNC(=O)C1C=CC(C(=O)N2CCSC2=S)=C(OCc2ccccc2)C1OCc1ccccc1)C1=CCC(C(=O)N2CCSC2=S)C(OCc2ccccc2)=C1OCc1ccccc1. The average Bonchev–Trinajstić information content (AvgIpc) is 4.02.